The first-order valence-corrected chi connectivity index (χ1v) is 11.5. The largest absolute Gasteiger partial charge is 0.489 e. The van der Waals surface area contributed by atoms with Crippen LogP contribution >= 0.6 is 11.8 Å². The maximum absolute atomic E-state index is 12.6. The molecule has 0 aliphatic heterocycles. The van der Waals surface area contributed by atoms with Crippen molar-refractivity contribution in [3.63, 3.8) is 0 Å². The minimum Gasteiger partial charge on any atom is -0.489 e. The lowest BCUT2D eigenvalue weighted by molar-refractivity contribution is -0.143. The second-order valence-electron chi connectivity index (χ2n) is 8.01. The first-order chi connectivity index (χ1) is 15.8. The Kier molecular flexibility index (Phi) is 6.70. The van der Waals surface area contributed by atoms with Crippen molar-refractivity contribution in [1.82, 2.24) is 0 Å². The smallest absolute Gasteiger partial charge is 0.416 e. The Morgan fingerprint density at radius 2 is 1.52 bits per heavy atom. The maximum atomic E-state index is 12.6. The van der Waals surface area contributed by atoms with Gasteiger partial charge in [-0.05, 0) is 65.9 Å². The molecule has 7 heteroatoms. The fourth-order valence-corrected chi connectivity index (χ4v) is 4.46. The van der Waals surface area contributed by atoms with Crippen LogP contribution in [0.2, 0.25) is 0 Å². The molecular weight excluding hydrogens is 449 g/mol. The van der Waals surface area contributed by atoms with Gasteiger partial charge in [-0.25, -0.2) is 0 Å². The molecule has 0 amide bonds. The molecule has 4 rings (SSSR count). The predicted octanol–water partition coefficient (Wildman–Crippen LogP) is 6.78. The highest BCUT2D eigenvalue weighted by molar-refractivity contribution is 7.98. The first kappa shape index (κ1) is 23.2. The van der Waals surface area contributed by atoms with Crippen LogP contribution in [0, 0.1) is 0 Å². The molecule has 172 valence electrons. The molecule has 3 aromatic carbocycles. The standard InChI is InChI=1S/C26H23F3O3S/c1-31-24(30)25(14-15-25)20-8-12-23(13-9-20)33-17-19-4-10-22(11-5-19)32-16-18-2-6-21(7-3-18)26(27,28)29/h2-13H,14-17H2,1H3. The van der Waals surface area contributed by atoms with Crippen molar-refractivity contribution in [2.75, 3.05) is 7.11 Å². The third-order valence-electron chi connectivity index (χ3n) is 5.75. The third kappa shape index (κ3) is 5.53. The highest BCUT2D eigenvalue weighted by Gasteiger charge is 2.52. The Morgan fingerprint density at radius 1 is 0.909 bits per heavy atom. The van der Waals surface area contributed by atoms with Crippen molar-refractivity contribution in [2.45, 2.75) is 41.7 Å². The van der Waals surface area contributed by atoms with Gasteiger partial charge in [0.2, 0.25) is 0 Å². The number of rotatable bonds is 8. The molecule has 0 bridgehead atoms. The average Bonchev–Trinajstić information content (AvgIpc) is 3.64. The van der Waals surface area contributed by atoms with Crippen LogP contribution < -0.4 is 4.74 Å². The van der Waals surface area contributed by atoms with Gasteiger partial charge in [0.05, 0.1) is 18.1 Å². The molecule has 3 nitrogen and oxygen atoms in total. The van der Waals surface area contributed by atoms with Crippen LogP contribution in [0.5, 0.6) is 5.75 Å². The quantitative estimate of drug-likeness (QED) is 0.267. The Balaban J connectivity index is 1.27. The van der Waals surface area contributed by atoms with Gasteiger partial charge in [0, 0.05) is 10.6 Å². The van der Waals surface area contributed by atoms with Crippen LogP contribution in [0.4, 0.5) is 13.2 Å². The number of methoxy groups -OCH3 is 1. The van der Waals surface area contributed by atoms with Crippen LogP contribution in [0.3, 0.4) is 0 Å². The lowest BCUT2D eigenvalue weighted by Crippen LogP contribution is -2.21. The Morgan fingerprint density at radius 3 is 2.06 bits per heavy atom. The van der Waals surface area contributed by atoms with Crippen molar-refractivity contribution >= 4 is 17.7 Å². The minimum absolute atomic E-state index is 0.163. The molecule has 1 saturated carbocycles. The number of hydrogen-bond acceptors (Lipinski definition) is 4. The fraction of sp³-hybridized carbons (Fsp3) is 0.269. The first-order valence-electron chi connectivity index (χ1n) is 10.5. The van der Waals surface area contributed by atoms with Gasteiger partial charge >= 0.3 is 12.1 Å². The number of esters is 1. The van der Waals surface area contributed by atoms with E-state index in [1.807, 2.05) is 48.5 Å². The van der Waals surface area contributed by atoms with E-state index in [1.165, 1.54) is 19.2 Å². The highest BCUT2D eigenvalue weighted by atomic mass is 32.2. The summed E-state index contributed by atoms with van der Waals surface area (Å²) in [5, 5.41) is 0. The molecule has 0 atom stereocenters. The van der Waals surface area contributed by atoms with Crippen molar-refractivity contribution in [3.05, 3.63) is 95.1 Å². The number of alkyl halides is 3. The monoisotopic (exact) mass is 472 g/mol. The molecule has 0 N–H and O–H groups in total. The summed E-state index contributed by atoms with van der Waals surface area (Å²) in [5.74, 6) is 1.27. The van der Waals surface area contributed by atoms with Crippen LogP contribution in [0.1, 0.15) is 35.1 Å². The molecule has 3 aromatic rings. The average molecular weight is 473 g/mol. The van der Waals surface area contributed by atoms with E-state index in [0.717, 1.165) is 46.7 Å². The summed E-state index contributed by atoms with van der Waals surface area (Å²) in [5.41, 5.74) is 1.69. The summed E-state index contributed by atoms with van der Waals surface area (Å²) in [4.78, 5) is 13.1. The van der Waals surface area contributed by atoms with Gasteiger partial charge in [0.15, 0.2) is 0 Å². The number of carbonyl (C=O) groups is 1. The molecule has 1 fully saturated rings. The lowest BCUT2D eigenvalue weighted by atomic mass is 9.96. The highest BCUT2D eigenvalue weighted by Crippen LogP contribution is 2.49. The zero-order valence-electron chi connectivity index (χ0n) is 18.0. The summed E-state index contributed by atoms with van der Waals surface area (Å²) < 4.78 is 48.5. The molecule has 33 heavy (non-hydrogen) atoms. The molecule has 0 heterocycles. The molecule has 1 aliphatic rings. The van der Waals surface area contributed by atoms with E-state index in [4.69, 9.17) is 9.47 Å². The molecular formula is C26H23F3O3S. The Hall–Kier alpha value is -2.93. The Labute approximate surface area is 194 Å². The molecule has 0 radical (unpaired) electrons. The second-order valence-corrected chi connectivity index (χ2v) is 9.06. The van der Waals surface area contributed by atoms with E-state index in [-0.39, 0.29) is 12.6 Å². The van der Waals surface area contributed by atoms with E-state index in [0.29, 0.717) is 11.3 Å². The van der Waals surface area contributed by atoms with Gasteiger partial charge in [-0.2, -0.15) is 13.2 Å². The summed E-state index contributed by atoms with van der Waals surface area (Å²) in [7, 11) is 1.43. The fourth-order valence-electron chi connectivity index (χ4n) is 3.61. The van der Waals surface area contributed by atoms with Crippen LogP contribution in [-0.2, 0) is 33.5 Å². The summed E-state index contributed by atoms with van der Waals surface area (Å²) in [6.45, 7) is 0.200. The number of benzene rings is 3. The van der Waals surface area contributed by atoms with Gasteiger partial charge in [-0.15, -0.1) is 11.8 Å². The van der Waals surface area contributed by atoms with Crippen LogP contribution in [-0.4, -0.2) is 13.1 Å². The maximum Gasteiger partial charge on any atom is 0.416 e. The number of ether oxygens (including phenoxy) is 2. The normalized spacial score (nSPS) is 14.5. The molecule has 0 unspecified atom stereocenters. The number of hydrogen-bond donors (Lipinski definition) is 0. The summed E-state index contributed by atoms with van der Waals surface area (Å²) in [6.07, 6.45) is -2.67. The van der Waals surface area contributed by atoms with E-state index < -0.39 is 17.2 Å². The Bertz CT molecular complexity index is 1090. The molecule has 0 spiro atoms. The van der Waals surface area contributed by atoms with Gasteiger partial charge in [-0.3, -0.25) is 4.79 Å². The molecule has 0 aromatic heterocycles. The van der Waals surface area contributed by atoms with Gasteiger partial charge in [0.25, 0.3) is 0 Å². The zero-order chi connectivity index (χ0) is 23.5. The van der Waals surface area contributed by atoms with Crippen molar-refractivity contribution < 1.29 is 27.4 Å². The van der Waals surface area contributed by atoms with E-state index >= 15 is 0 Å². The van der Waals surface area contributed by atoms with Crippen LogP contribution in [0.15, 0.2) is 77.7 Å². The SMILES string of the molecule is COC(=O)C1(c2ccc(SCc3ccc(OCc4ccc(C(F)(F)F)cc4)cc3)cc2)CC1. The van der Waals surface area contributed by atoms with Gasteiger partial charge < -0.3 is 9.47 Å². The number of halogens is 3. The predicted molar refractivity (Wildman–Crippen MR) is 121 cm³/mol. The molecule has 1 aliphatic carbocycles. The lowest BCUT2D eigenvalue weighted by Gasteiger charge is -2.13. The second kappa shape index (κ2) is 9.51. The van der Waals surface area contributed by atoms with Gasteiger partial charge in [-0.1, -0.05) is 36.4 Å². The summed E-state index contributed by atoms with van der Waals surface area (Å²) in [6, 6.07) is 20.7. The number of thioether (sulfide) groups is 1. The topological polar surface area (TPSA) is 35.5 Å². The third-order valence-corrected chi connectivity index (χ3v) is 6.83. The number of carbonyl (C=O) groups excluding carboxylic acids is 1. The van der Waals surface area contributed by atoms with Crippen molar-refractivity contribution in [1.29, 1.82) is 0 Å². The van der Waals surface area contributed by atoms with E-state index in [9.17, 15) is 18.0 Å². The zero-order valence-corrected chi connectivity index (χ0v) is 18.8. The minimum atomic E-state index is -4.34. The van der Waals surface area contributed by atoms with E-state index in [2.05, 4.69) is 0 Å². The summed E-state index contributed by atoms with van der Waals surface area (Å²) >= 11 is 1.70. The van der Waals surface area contributed by atoms with E-state index in [1.54, 1.807) is 11.8 Å². The van der Waals surface area contributed by atoms with Gasteiger partial charge in [0.1, 0.15) is 12.4 Å². The molecule has 0 saturated heterocycles. The van der Waals surface area contributed by atoms with Crippen molar-refractivity contribution in [2.24, 2.45) is 0 Å². The van der Waals surface area contributed by atoms with Crippen molar-refractivity contribution in [3.8, 4) is 5.75 Å². The van der Waals surface area contributed by atoms with Crippen LogP contribution in [0.25, 0.3) is 0 Å².